The van der Waals surface area contributed by atoms with Crippen LogP contribution in [-0.4, -0.2) is 67.4 Å². The number of morpholine rings is 1. The molecule has 7 nitrogen and oxygen atoms in total. The van der Waals surface area contributed by atoms with Gasteiger partial charge in [-0.3, -0.25) is 0 Å². The summed E-state index contributed by atoms with van der Waals surface area (Å²) in [5, 5.41) is 0. The highest BCUT2D eigenvalue weighted by Gasteiger charge is 2.33. The quantitative estimate of drug-likeness (QED) is 0.717. The van der Waals surface area contributed by atoms with Crippen LogP contribution in [0.3, 0.4) is 0 Å². The molecule has 0 saturated carbocycles. The van der Waals surface area contributed by atoms with Gasteiger partial charge in [0.15, 0.2) is 11.6 Å². The van der Waals surface area contributed by atoms with Crippen molar-refractivity contribution in [2.45, 2.75) is 6.18 Å². The lowest BCUT2D eigenvalue weighted by atomic mass is 10.2. The first kappa shape index (κ1) is 19.6. The number of alkyl halides is 3. The smallest absolute Gasteiger partial charge is 0.378 e. The maximum Gasteiger partial charge on any atom is 0.417 e. The van der Waals surface area contributed by atoms with Gasteiger partial charge in [0.25, 0.3) is 0 Å². The summed E-state index contributed by atoms with van der Waals surface area (Å²) in [6.45, 7) is 4.67. The summed E-state index contributed by atoms with van der Waals surface area (Å²) >= 11 is 0. The number of rotatable bonds is 3. The fraction of sp³-hybridized carbons (Fsp3) is 0.500. The number of ether oxygens (including phenoxy) is 1. The van der Waals surface area contributed by atoms with Crippen LogP contribution in [0.25, 0.3) is 0 Å². The number of nitrogens with zero attached hydrogens (tertiary/aromatic N) is 6. The third-order valence-electron chi connectivity index (χ3n) is 4.97. The number of halogens is 4. The van der Waals surface area contributed by atoms with Gasteiger partial charge in [-0.25, -0.2) is 14.4 Å². The number of piperazine rings is 1. The molecule has 0 amide bonds. The van der Waals surface area contributed by atoms with E-state index in [0.717, 1.165) is 18.9 Å². The average molecular weight is 412 g/mol. The van der Waals surface area contributed by atoms with Crippen LogP contribution < -0.4 is 14.7 Å². The number of hydrogen-bond acceptors (Lipinski definition) is 7. The average Bonchev–Trinajstić information content (AvgIpc) is 2.74. The highest BCUT2D eigenvalue weighted by molar-refractivity contribution is 5.47. The minimum atomic E-state index is -4.62. The minimum Gasteiger partial charge on any atom is -0.378 e. The Labute approximate surface area is 164 Å². The van der Waals surface area contributed by atoms with Crippen LogP contribution in [-0.2, 0) is 10.9 Å². The highest BCUT2D eigenvalue weighted by atomic mass is 19.4. The summed E-state index contributed by atoms with van der Waals surface area (Å²) in [6.07, 6.45) is -2.25. The van der Waals surface area contributed by atoms with Crippen LogP contribution in [0.4, 0.5) is 35.1 Å². The van der Waals surface area contributed by atoms with E-state index in [1.165, 1.54) is 0 Å². The summed E-state index contributed by atoms with van der Waals surface area (Å²) < 4.78 is 57.6. The Hall–Kier alpha value is -2.69. The topological polar surface area (TPSA) is 57.6 Å². The van der Waals surface area contributed by atoms with Gasteiger partial charge in [-0.15, -0.1) is 0 Å². The zero-order valence-corrected chi connectivity index (χ0v) is 15.6. The van der Waals surface area contributed by atoms with Crippen molar-refractivity contribution >= 4 is 17.6 Å². The number of hydrogen-bond donors (Lipinski definition) is 0. The molecule has 2 aliphatic rings. The molecule has 29 heavy (non-hydrogen) atoms. The van der Waals surface area contributed by atoms with Crippen LogP contribution in [0, 0.1) is 5.82 Å². The maximum absolute atomic E-state index is 14.2. The third-order valence-corrected chi connectivity index (χ3v) is 4.97. The molecule has 0 aromatic carbocycles. The van der Waals surface area contributed by atoms with Gasteiger partial charge in [-0.2, -0.15) is 18.2 Å². The Bertz CT molecular complexity index is 850. The van der Waals surface area contributed by atoms with Gasteiger partial charge in [0.1, 0.15) is 5.82 Å². The van der Waals surface area contributed by atoms with Crippen LogP contribution in [0.5, 0.6) is 0 Å². The van der Waals surface area contributed by atoms with E-state index >= 15 is 0 Å². The molecule has 0 atom stereocenters. The predicted molar refractivity (Wildman–Crippen MR) is 98.7 cm³/mol. The van der Waals surface area contributed by atoms with Crippen molar-refractivity contribution in [1.82, 2.24) is 15.0 Å². The predicted octanol–water partition coefficient (Wildman–Crippen LogP) is 2.19. The summed E-state index contributed by atoms with van der Waals surface area (Å²) in [6, 6.07) is 2.34. The minimum absolute atomic E-state index is 0.0689. The molecule has 4 heterocycles. The lowest BCUT2D eigenvalue weighted by Crippen LogP contribution is -2.48. The van der Waals surface area contributed by atoms with E-state index in [4.69, 9.17) is 4.74 Å². The standard InChI is InChI=1S/C18H20F4N6O/c19-14-11-13(18(20,21)22)12-24-16(14)27-3-5-28(6-4-27)17-23-2-1-15(25-17)26-7-9-29-10-8-26/h1-2,11-12H,3-10H2. The van der Waals surface area contributed by atoms with Crippen LogP contribution in [0.15, 0.2) is 24.5 Å². The molecular weight excluding hydrogens is 392 g/mol. The van der Waals surface area contributed by atoms with Gasteiger partial charge >= 0.3 is 6.18 Å². The van der Waals surface area contributed by atoms with E-state index in [-0.39, 0.29) is 5.82 Å². The highest BCUT2D eigenvalue weighted by Crippen LogP contribution is 2.31. The number of anilines is 3. The summed E-state index contributed by atoms with van der Waals surface area (Å²) in [4.78, 5) is 18.4. The van der Waals surface area contributed by atoms with E-state index < -0.39 is 17.6 Å². The summed E-state index contributed by atoms with van der Waals surface area (Å²) in [5.41, 5.74) is -1.09. The van der Waals surface area contributed by atoms with E-state index in [1.54, 1.807) is 11.1 Å². The van der Waals surface area contributed by atoms with E-state index in [9.17, 15) is 17.6 Å². The third kappa shape index (κ3) is 4.34. The molecule has 4 rings (SSSR count). The molecule has 2 aromatic heterocycles. The molecule has 2 saturated heterocycles. The van der Waals surface area contributed by atoms with Crippen molar-refractivity contribution in [2.24, 2.45) is 0 Å². The fourth-order valence-electron chi connectivity index (χ4n) is 3.40. The lowest BCUT2D eigenvalue weighted by molar-refractivity contribution is -0.138. The Morgan fingerprint density at radius 2 is 1.59 bits per heavy atom. The van der Waals surface area contributed by atoms with Gasteiger partial charge in [0.2, 0.25) is 5.95 Å². The second kappa shape index (κ2) is 7.97. The molecule has 156 valence electrons. The van der Waals surface area contributed by atoms with Gasteiger partial charge in [-0.1, -0.05) is 0 Å². The molecule has 0 radical (unpaired) electrons. The molecule has 0 unspecified atom stereocenters. The normalized spacial score (nSPS) is 18.3. The van der Waals surface area contributed by atoms with Crippen molar-refractivity contribution in [3.8, 4) is 0 Å². The first-order valence-corrected chi connectivity index (χ1v) is 9.30. The molecule has 2 aromatic rings. The molecule has 2 fully saturated rings. The molecule has 0 bridgehead atoms. The summed E-state index contributed by atoms with van der Waals surface area (Å²) in [7, 11) is 0. The zero-order chi connectivity index (χ0) is 20.4. The van der Waals surface area contributed by atoms with Crippen molar-refractivity contribution in [2.75, 3.05) is 67.2 Å². The maximum atomic E-state index is 14.2. The van der Waals surface area contributed by atoms with Crippen molar-refractivity contribution in [3.63, 3.8) is 0 Å². The van der Waals surface area contributed by atoms with E-state index in [1.807, 2.05) is 11.0 Å². The van der Waals surface area contributed by atoms with Crippen molar-refractivity contribution < 1.29 is 22.3 Å². The van der Waals surface area contributed by atoms with Crippen LogP contribution >= 0.6 is 0 Å². The Morgan fingerprint density at radius 3 is 2.24 bits per heavy atom. The molecular formula is C18H20F4N6O. The van der Waals surface area contributed by atoms with Gasteiger partial charge in [-0.05, 0) is 12.1 Å². The Balaban J connectivity index is 1.42. The van der Waals surface area contributed by atoms with E-state index in [0.29, 0.717) is 57.6 Å². The molecule has 0 aliphatic carbocycles. The van der Waals surface area contributed by atoms with E-state index in [2.05, 4.69) is 19.9 Å². The second-order valence-corrected chi connectivity index (χ2v) is 6.82. The second-order valence-electron chi connectivity index (χ2n) is 6.82. The largest absolute Gasteiger partial charge is 0.417 e. The van der Waals surface area contributed by atoms with Gasteiger partial charge in [0, 0.05) is 51.7 Å². The molecule has 2 aliphatic heterocycles. The Kier molecular flexibility index (Phi) is 5.39. The molecule has 0 N–H and O–H groups in total. The molecule has 0 spiro atoms. The monoisotopic (exact) mass is 412 g/mol. The molecule has 11 heteroatoms. The van der Waals surface area contributed by atoms with Crippen molar-refractivity contribution in [1.29, 1.82) is 0 Å². The van der Waals surface area contributed by atoms with Gasteiger partial charge in [0.05, 0.1) is 18.8 Å². The number of aromatic nitrogens is 3. The summed E-state index contributed by atoms with van der Waals surface area (Å²) in [5.74, 6) is 0.366. The Morgan fingerprint density at radius 1 is 0.897 bits per heavy atom. The first-order chi connectivity index (χ1) is 13.9. The van der Waals surface area contributed by atoms with Crippen molar-refractivity contribution in [3.05, 3.63) is 35.9 Å². The SMILES string of the molecule is Fc1cc(C(F)(F)F)cnc1N1CCN(c2nccc(N3CCOCC3)n2)CC1. The first-order valence-electron chi connectivity index (χ1n) is 9.30. The number of pyridine rings is 1. The lowest BCUT2D eigenvalue weighted by Gasteiger charge is -2.36. The fourth-order valence-corrected chi connectivity index (χ4v) is 3.40. The zero-order valence-electron chi connectivity index (χ0n) is 15.6. The van der Waals surface area contributed by atoms with Gasteiger partial charge < -0.3 is 19.4 Å². The van der Waals surface area contributed by atoms with Crippen LogP contribution in [0.2, 0.25) is 0 Å². The van der Waals surface area contributed by atoms with Crippen LogP contribution in [0.1, 0.15) is 5.56 Å².